The molecule has 2 amide bonds. The van der Waals surface area contributed by atoms with Gasteiger partial charge in [0.1, 0.15) is 0 Å². The van der Waals surface area contributed by atoms with E-state index in [4.69, 9.17) is 5.11 Å². The minimum Gasteiger partial charge on any atom is -0.481 e. The molecule has 0 saturated carbocycles. The van der Waals surface area contributed by atoms with Gasteiger partial charge in [0.05, 0.1) is 5.41 Å². The van der Waals surface area contributed by atoms with Crippen LogP contribution in [0.15, 0.2) is 11.1 Å². The molecule has 0 spiro atoms. The molecule has 1 N–H and O–H groups in total. The molecule has 1 rings (SSSR count). The number of amides is 2. The topological polar surface area (TPSA) is 74.7 Å². The molecule has 0 aromatic carbocycles. The molecule has 0 aromatic heterocycles. The summed E-state index contributed by atoms with van der Waals surface area (Å²) in [4.78, 5) is 35.3. The van der Waals surface area contributed by atoms with Crippen molar-refractivity contribution in [2.45, 2.75) is 27.7 Å². The third-order valence-corrected chi connectivity index (χ3v) is 2.83. The van der Waals surface area contributed by atoms with Crippen LogP contribution in [0.25, 0.3) is 0 Å². The van der Waals surface area contributed by atoms with Crippen LogP contribution in [-0.2, 0) is 14.4 Å². The molecule has 0 bridgehead atoms. The van der Waals surface area contributed by atoms with Crippen molar-refractivity contribution in [3.05, 3.63) is 11.1 Å². The third-order valence-electron chi connectivity index (χ3n) is 2.83. The molecule has 1 heterocycles. The van der Waals surface area contributed by atoms with E-state index >= 15 is 0 Å². The van der Waals surface area contributed by atoms with Gasteiger partial charge in [-0.1, -0.05) is 0 Å². The fourth-order valence-corrected chi connectivity index (χ4v) is 1.42. The Bertz CT molecular complexity index is 382. The molecule has 0 saturated heterocycles. The van der Waals surface area contributed by atoms with Crippen molar-refractivity contribution in [1.29, 1.82) is 0 Å². The Morgan fingerprint density at radius 1 is 1.19 bits per heavy atom. The van der Waals surface area contributed by atoms with Gasteiger partial charge in [-0.2, -0.15) is 0 Å². The minimum atomic E-state index is -1.13. The van der Waals surface area contributed by atoms with E-state index in [-0.39, 0.29) is 6.54 Å². The first kappa shape index (κ1) is 12.4. The fraction of sp³-hybridized carbons (Fsp3) is 0.545. The van der Waals surface area contributed by atoms with Crippen molar-refractivity contribution in [3.63, 3.8) is 0 Å². The maximum absolute atomic E-state index is 11.7. The number of imide groups is 1. The standard InChI is InChI=1S/C11H15NO4/c1-6-7(2)9(14)12(8(6)13)5-11(3,4)10(15)16/h5H2,1-4H3,(H,15,16). The van der Waals surface area contributed by atoms with E-state index in [1.54, 1.807) is 13.8 Å². The first-order chi connectivity index (χ1) is 7.18. The number of hydrogen-bond acceptors (Lipinski definition) is 3. The number of carboxylic acid groups (broad SMARTS) is 1. The van der Waals surface area contributed by atoms with Crippen LogP contribution >= 0.6 is 0 Å². The summed E-state index contributed by atoms with van der Waals surface area (Å²) in [6.07, 6.45) is 0. The summed E-state index contributed by atoms with van der Waals surface area (Å²) in [7, 11) is 0. The van der Waals surface area contributed by atoms with Crippen molar-refractivity contribution in [2.24, 2.45) is 5.41 Å². The average Bonchev–Trinajstić information content (AvgIpc) is 2.35. The van der Waals surface area contributed by atoms with Crippen molar-refractivity contribution < 1.29 is 19.5 Å². The lowest BCUT2D eigenvalue weighted by Gasteiger charge is -2.25. The zero-order chi connectivity index (χ0) is 12.7. The molecule has 5 heteroatoms. The molecule has 16 heavy (non-hydrogen) atoms. The van der Waals surface area contributed by atoms with Crippen molar-refractivity contribution in [3.8, 4) is 0 Å². The molecule has 0 radical (unpaired) electrons. The number of carbonyl (C=O) groups excluding carboxylic acids is 2. The Morgan fingerprint density at radius 3 is 1.88 bits per heavy atom. The Hall–Kier alpha value is -1.65. The van der Waals surface area contributed by atoms with Gasteiger partial charge in [-0.05, 0) is 27.7 Å². The quantitative estimate of drug-likeness (QED) is 0.721. The Labute approximate surface area is 93.7 Å². The molecular formula is C11H15NO4. The second-order valence-corrected chi connectivity index (χ2v) is 4.64. The van der Waals surface area contributed by atoms with E-state index in [1.807, 2.05) is 0 Å². The van der Waals surface area contributed by atoms with Gasteiger partial charge in [0.25, 0.3) is 11.8 Å². The molecule has 0 aromatic rings. The van der Waals surface area contributed by atoms with Crippen molar-refractivity contribution >= 4 is 17.8 Å². The summed E-state index contributed by atoms with van der Waals surface area (Å²) in [5.41, 5.74) is -0.340. The highest BCUT2D eigenvalue weighted by atomic mass is 16.4. The molecule has 1 aliphatic heterocycles. The lowest BCUT2D eigenvalue weighted by atomic mass is 9.93. The zero-order valence-electron chi connectivity index (χ0n) is 9.83. The Morgan fingerprint density at radius 2 is 1.56 bits per heavy atom. The lowest BCUT2D eigenvalue weighted by molar-refractivity contribution is -0.150. The highest BCUT2D eigenvalue weighted by Gasteiger charge is 2.39. The third kappa shape index (κ3) is 1.85. The summed E-state index contributed by atoms with van der Waals surface area (Å²) in [5, 5.41) is 8.94. The first-order valence-electron chi connectivity index (χ1n) is 4.95. The molecule has 0 atom stereocenters. The number of carbonyl (C=O) groups is 3. The van der Waals surface area contributed by atoms with Crippen molar-refractivity contribution in [1.82, 2.24) is 4.90 Å². The molecule has 1 aliphatic rings. The van der Waals surface area contributed by atoms with Crippen LogP contribution < -0.4 is 0 Å². The van der Waals surface area contributed by atoms with E-state index in [0.717, 1.165) is 4.90 Å². The Kier molecular flexibility index (Phi) is 2.90. The van der Waals surface area contributed by atoms with E-state index in [2.05, 4.69) is 0 Å². The zero-order valence-corrected chi connectivity index (χ0v) is 9.83. The summed E-state index contributed by atoms with van der Waals surface area (Å²) in [6, 6.07) is 0. The van der Waals surface area contributed by atoms with Crippen LogP contribution in [0.5, 0.6) is 0 Å². The highest BCUT2D eigenvalue weighted by Crippen LogP contribution is 2.25. The monoisotopic (exact) mass is 225 g/mol. The SMILES string of the molecule is CC1=C(C)C(=O)N(CC(C)(C)C(=O)O)C1=O. The smallest absolute Gasteiger partial charge is 0.310 e. The van der Waals surface area contributed by atoms with Gasteiger partial charge in [0.2, 0.25) is 0 Å². The second kappa shape index (κ2) is 3.73. The molecule has 0 aliphatic carbocycles. The van der Waals surface area contributed by atoms with E-state index < -0.39 is 23.2 Å². The van der Waals surface area contributed by atoms with Gasteiger partial charge in [-0.15, -0.1) is 0 Å². The number of hydrogen-bond donors (Lipinski definition) is 1. The normalized spacial score (nSPS) is 17.4. The van der Waals surface area contributed by atoms with Crippen LogP contribution in [0.3, 0.4) is 0 Å². The number of rotatable bonds is 3. The minimum absolute atomic E-state index is 0.103. The maximum atomic E-state index is 11.7. The number of carboxylic acids is 1. The van der Waals surface area contributed by atoms with Gasteiger partial charge in [-0.3, -0.25) is 19.3 Å². The Balaban J connectivity index is 2.92. The van der Waals surface area contributed by atoms with Crippen LogP contribution in [0.2, 0.25) is 0 Å². The van der Waals surface area contributed by atoms with Crippen molar-refractivity contribution in [2.75, 3.05) is 6.54 Å². The van der Waals surface area contributed by atoms with Gasteiger partial charge >= 0.3 is 5.97 Å². The van der Waals surface area contributed by atoms with Crippen LogP contribution in [0.1, 0.15) is 27.7 Å². The summed E-state index contributed by atoms with van der Waals surface area (Å²) in [6.45, 7) is 6.01. The largest absolute Gasteiger partial charge is 0.481 e. The summed E-state index contributed by atoms with van der Waals surface area (Å²) >= 11 is 0. The molecular weight excluding hydrogens is 210 g/mol. The second-order valence-electron chi connectivity index (χ2n) is 4.64. The predicted octanol–water partition coefficient (Wildman–Crippen LogP) is 0.802. The van der Waals surface area contributed by atoms with Crippen LogP contribution in [-0.4, -0.2) is 34.3 Å². The van der Waals surface area contributed by atoms with E-state index in [9.17, 15) is 14.4 Å². The highest BCUT2D eigenvalue weighted by molar-refractivity contribution is 6.18. The fourth-order valence-electron chi connectivity index (χ4n) is 1.42. The summed E-state index contributed by atoms with van der Waals surface area (Å²) in [5.74, 6) is -1.82. The van der Waals surface area contributed by atoms with E-state index in [1.165, 1.54) is 13.8 Å². The van der Waals surface area contributed by atoms with Gasteiger partial charge < -0.3 is 5.11 Å². The number of nitrogens with zero attached hydrogens (tertiary/aromatic N) is 1. The van der Waals surface area contributed by atoms with Gasteiger partial charge in [0.15, 0.2) is 0 Å². The number of aliphatic carboxylic acids is 1. The average molecular weight is 225 g/mol. The molecule has 5 nitrogen and oxygen atoms in total. The van der Waals surface area contributed by atoms with Crippen LogP contribution in [0, 0.1) is 5.41 Å². The van der Waals surface area contributed by atoms with Crippen LogP contribution in [0.4, 0.5) is 0 Å². The van der Waals surface area contributed by atoms with E-state index in [0.29, 0.717) is 11.1 Å². The first-order valence-corrected chi connectivity index (χ1v) is 4.95. The maximum Gasteiger partial charge on any atom is 0.310 e. The van der Waals surface area contributed by atoms with Gasteiger partial charge in [0, 0.05) is 17.7 Å². The van der Waals surface area contributed by atoms with Gasteiger partial charge in [-0.25, -0.2) is 0 Å². The molecule has 0 unspecified atom stereocenters. The molecule has 88 valence electrons. The summed E-state index contributed by atoms with van der Waals surface area (Å²) < 4.78 is 0. The lowest BCUT2D eigenvalue weighted by Crippen LogP contribution is -2.42. The molecule has 0 fully saturated rings. The predicted molar refractivity (Wildman–Crippen MR) is 56.5 cm³/mol.